The molecule has 0 atom stereocenters. The van der Waals surface area contributed by atoms with Crippen LogP contribution in [0.25, 0.3) is 0 Å². The number of hydrazone groups is 1. The number of amides is 3. The average Bonchev–Trinajstić information content (AvgIpc) is 3.47. The number of hydrogen-bond acceptors (Lipinski definition) is 8. The maximum Gasteiger partial charge on any atom is 0.301 e. The summed E-state index contributed by atoms with van der Waals surface area (Å²) in [4.78, 5) is 47.5. The zero-order chi connectivity index (χ0) is 42.5. The molecule has 4 aromatic rings. The molecule has 0 saturated carbocycles. The SMILES string of the molecule is CCC(C)(C)c1ccc(OCC(=O)Nc2cccc(C(=O)NC3=NN(c4c(Cl)cc(Cl)cc4Cl)C(=O)C3=Nc3ccc(N(C)CCO)cc3C)c2)c(C(C)(C)CC)c1. The van der Waals surface area contributed by atoms with Crippen molar-refractivity contribution in [1.82, 2.24) is 5.32 Å². The van der Waals surface area contributed by atoms with Crippen molar-refractivity contribution in [3.8, 4) is 5.75 Å². The number of halogens is 3. The molecule has 0 radical (unpaired) electrons. The lowest BCUT2D eigenvalue weighted by Crippen LogP contribution is -2.37. The molecule has 14 heteroatoms. The summed E-state index contributed by atoms with van der Waals surface area (Å²) in [6.45, 7) is 15.0. The van der Waals surface area contributed by atoms with Crippen LogP contribution in [0.15, 0.2) is 82.9 Å². The van der Waals surface area contributed by atoms with Gasteiger partial charge in [0.25, 0.3) is 11.8 Å². The van der Waals surface area contributed by atoms with E-state index in [0.29, 0.717) is 23.7 Å². The molecule has 58 heavy (non-hydrogen) atoms. The van der Waals surface area contributed by atoms with Crippen LogP contribution in [0.1, 0.15) is 81.4 Å². The van der Waals surface area contributed by atoms with Gasteiger partial charge >= 0.3 is 5.91 Å². The van der Waals surface area contributed by atoms with E-state index in [1.54, 1.807) is 30.3 Å². The predicted molar refractivity (Wildman–Crippen MR) is 236 cm³/mol. The number of likely N-dealkylation sites (N-methyl/N-ethyl adjacent to an activating group) is 1. The van der Waals surface area contributed by atoms with E-state index in [0.717, 1.165) is 34.7 Å². The van der Waals surface area contributed by atoms with E-state index in [-0.39, 0.29) is 61.9 Å². The molecule has 0 unspecified atom stereocenters. The van der Waals surface area contributed by atoms with Crippen LogP contribution in [-0.2, 0) is 20.4 Å². The quantitative estimate of drug-likeness (QED) is 0.116. The minimum Gasteiger partial charge on any atom is -0.483 e. The van der Waals surface area contributed by atoms with Crippen molar-refractivity contribution in [3.05, 3.63) is 110 Å². The highest BCUT2D eigenvalue weighted by Gasteiger charge is 2.37. The van der Waals surface area contributed by atoms with Crippen molar-refractivity contribution < 1.29 is 24.2 Å². The molecule has 3 N–H and O–H groups in total. The number of ether oxygens (including phenoxy) is 1. The lowest BCUT2D eigenvalue weighted by molar-refractivity contribution is -0.118. The fourth-order valence-corrected chi connectivity index (χ4v) is 7.11. The van der Waals surface area contributed by atoms with E-state index in [9.17, 15) is 19.5 Å². The Labute approximate surface area is 355 Å². The molecule has 0 aliphatic carbocycles. The molecular formula is C44H49Cl3N6O5. The van der Waals surface area contributed by atoms with Crippen LogP contribution >= 0.6 is 34.8 Å². The largest absolute Gasteiger partial charge is 0.483 e. The molecule has 3 amide bonds. The predicted octanol–water partition coefficient (Wildman–Crippen LogP) is 9.64. The summed E-state index contributed by atoms with van der Waals surface area (Å²) in [6.07, 6.45) is 1.86. The van der Waals surface area contributed by atoms with Crippen molar-refractivity contribution in [3.63, 3.8) is 0 Å². The van der Waals surface area contributed by atoms with Crippen molar-refractivity contribution in [2.45, 2.75) is 72.1 Å². The lowest BCUT2D eigenvalue weighted by Gasteiger charge is -2.30. The first-order valence-electron chi connectivity index (χ1n) is 19.0. The molecule has 5 rings (SSSR count). The monoisotopic (exact) mass is 846 g/mol. The molecule has 1 aliphatic heterocycles. The maximum absolute atomic E-state index is 14.0. The Hall–Kier alpha value is -4.94. The zero-order valence-corrected chi connectivity index (χ0v) is 36.2. The van der Waals surface area contributed by atoms with Crippen LogP contribution in [0.3, 0.4) is 0 Å². The van der Waals surface area contributed by atoms with Crippen molar-refractivity contribution in [2.24, 2.45) is 10.1 Å². The fourth-order valence-electron chi connectivity index (χ4n) is 6.13. The molecule has 0 fully saturated rings. The third-order valence-corrected chi connectivity index (χ3v) is 11.4. The highest BCUT2D eigenvalue weighted by molar-refractivity contribution is 6.72. The number of amidine groups is 1. The molecule has 1 aliphatic rings. The summed E-state index contributed by atoms with van der Waals surface area (Å²) in [5.41, 5.74) is 4.48. The maximum atomic E-state index is 14.0. The molecule has 0 aromatic heterocycles. The van der Waals surface area contributed by atoms with Crippen LogP contribution in [0.4, 0.5) is 22.7 Å². The molecule has 4 aromatic carbocycles. The van der Waals surface area contributed by atoms with E-state index in [2.05, 4.69) is 74.4 Å². The molecular weight excluding hydrogens is 799 g/mol. The van der Waals surface area contributed by atoms with E-state index in [4.69, 9.17) is 39.5 Å². The van der Waals surface area contributed by atoms with Gasteiger partial charge in [0.05, 0.1) is 22.3 Å². The third kappa shape index (κ3) is 10.0. The van der Waals surface area contributed by atoms with Gasteiger partial charge in [-0.3, -0.25) is 14.4 Å². The lowest BCUT2D eigenvalue weighted by atomic mass is 9.76. The van der Waals surface area contributed by atoms with Gasteiger partial charge in [0.1, 0.15) is 11.4 Å². The first kappa shape index (κ1) is 44.2. The number of nitrogens with zero attached hydrogens (tertiary/aromatic N) is 4. The van der Waals surface area contributed by atoms with Crippen molar-refractivity contribution in [1.29, 1.82) is 0 Å². The van der Waals surface area contributed by atoms with Crippen molar-refractivity contribution in [2.75, 3.05) is 42.0 Å². The van der Waals surface area contributed by atoms with Gasteiger partial charge in [-0.25, -0.2) is 4.99 Å². The van der Waals surface area contributed by atoms with Gasteiger partial charge < -0.3 is 25.4 Å². The number of aliphatic hydroxyl groups is 1. The average molecular weight is 848 g/mol. The van der Waals surface area contributed by atoms with Crippen LogP contribution in [-0.4, -0.2) is 61.2 Å². The number of carbonyl (C=O) groups excluding carboxylic acids is 3. The normalized spacial score (nSPS) is 13.8. The standard InChI is InChI=1S/C44H49Cl3N6O5/c1-9-43(4,5)28-14-17-36(32(22-28)44(6,7)10-2)58-25-37(55)48-30-13-11-12-27(21-30)41(56)50-40-38(49-35-16-15-31(20-26(35)3)52(8)18-19-54)42(57)53(51-40)39-33(46)23-29(45)24-34(39)47/h11-17,20-24,54H,9-10,18-19,25H2,1-8H3,(H,48,55)(H,50,51,56). The molecule has 0 saturated heterocycles. The molecule has 1 heterocycles. The summed E-state index contributed by atoms with van der Waals surface area (Å²) < 4.78 is 6.11. The smallest absolute Gasteiger partial charge is 0.301 e. The van der Waals surface area contributed by atoms with Crippen LogP contribution in [0.2, 0.25) is 15.1 Å². The van der Waals surface area contributed by atoms with Gasteiger partial charge in [-0.2, -0.15) is 5.01 Å². The van der Waals surface area contributed by atoms with Gasteiger partial charge in [0.2, 0.25) is 0 Å². The molecule has 0 spiro atoms. The highest BCUT2D eigenvalue weighted by Crippen LogP contribution is 2.40. The summed E-state index contributed by atoms with van der Waals surface area (Å²) in [5.74, 6) is -1.24. The summed E-state index contributed by atoms with van der Waals surface area (Å²) in [5, 5.41) is 20.7. The number of hydrogen-bond donors (Lipinski definition) is 3. The van der Waals surface area contributed by atoms with E-state index < -0.39 is 17.7 Å². The topological polar surface area (TPSA) is 136 Å². The summed E-state index contributed by atoms with van der Waals surface area (Å²) in [7, 11) is 1.85. The molecule has 306 valence electrons. The number of rotatable bonds is 14. The van der Waals surface area contributed by atoms with Gasteiger partial charge in [0, 0.05) is 41.1 Å². The van der Waals surface area contributed by atoms with E-state index in [1.165, 1.54) is 23.8 Å². The van der Waals surface area contributed by atoms with Gasteiger partial charge in [-0.05, 0) is 96.3 Å². The molecule has 11 nitrogen and oxygen atoms in total. The Bertz CT molecular complexity index is 2270. The minimum atomic E-state index is -0.697. The first-order chi connectivity index (χ1) is 27.4. The fraction of sp³-hybridized carbons (Fsp3) is 0.341. The third-order valence-electron chi connectivity index (χ3n) is 10.6. The second kappa shape index (κ2) is 18.3. The summed E-state index contributed by atoms with van der Waals surface area (Å²) in [6, 6.07) is 20.8. The number of aliphatic hydroxyl groups excluding tert-OH is 1. The molecule has 0 bridgehead atoms. The van der Waals surface area contributed by atoms with Gasteiger partial charge in [-0.1, -0.05) is 94.5 Å². The van der Waals surface area contributed by atoms with E-state index in [1.807, 2.05) is 31.0 Å². The number of benzene rings is 4. The van der Waals surface area contributed by atoms with Crippen LogP contribution in [0.5, 0.6) is 5.75 Å². The minimum absolute atomic E-state index is 0.0122. The first-order valence-corrected chi connectivity index (χ1v) is 20.1. The van der Waals surface area contributed by atoms with Crippen molar-refractivity contribution >= 4 is 86.8 Å². The van der Waals surface area contributed by atoms with Crippen LogP contribution < -0.4 is 25.3 Å². The Morgan fingerprint density at radius 3 is 2.24 bits per heavy atom. The Morgan fingerprint density at radius 1 is 0.914 bits per heavy atom. The van der Waals surface area contributed by atoms with E-state index >= 15 is 0 Å². The van der Waals surface area contributed by atoms with Crippen LogP contribution in [0, 0.1) is 6.92 Å². The highest BCUT2D eigenvalue weighted by atomic mass is 35.5. The van der Waals surface area contributed by atoms with Gasteiger partial charge in [0.15, 0.2) is 18.2 Å². The summed E-state index contributed by atoms with van der Waals surface area (Å²) >= 11 is 19.1. The second-order valence-electron chi connectivity index (χ2n) is 15.4. The Morgan fingerprint density at radius 2 is 1.60 bits per heavy atom. The number of aryl methyl sites for hydroxylation is 1. The Balaban J connectivity index is 1.38. The number of anilines is 3. The number of nitrogens with one attached hydrogen (secondary N) is 2. The van der Waals surface area contributed by atoms with Gasteiger partial charge in [-0.15, -0.1) is 5.10 Å². The number of carbonyl (C=O) groups is 3. The zero-order valence-electron chi connectivity index (χ0n) is 34.0. The number of aliphatic imine (C=N–C) groups is 1. The Kier molecular flexibility index (Phi) is 14.0. The second-order valence-corrected chi connectivity index (χ2v) is 16.7.